The van der Waals surface area contributed by atoms with Crippen LogP contribution in [0.3, 0.4) is 0 Å². The van der Waals surface area contributed by atoms with Gasteiger partial charge in [-0.25, -0.2) is 9.36 Å². The largest absolute Gasteiger partial charge is 1.00 e. The van der Waals surface area contributed by atoms with Crippen LogP contribution in [0.1, 0.15) is 15.9 Å². The van der Waals surface area contributed by atoms with Gasteiger partial charge >= 0.3 is 5.97 Å². The molecule has 0 aliphatic rings. The molecule has 0 bridgehead atoms. The smallest absolute Gasteiger partial charge is 0.335 e. The highest BCUT2D eigenvalue weighted by atomic mass is 79.9. The maximum atomic E-state index is 11.0. The summed E-state index contributed by atoms with van der Waals surface area (Å²) >= 11 is 0. The number of aromatic carboxylic acids is 1. The van der Waals surface area contributed by atoms with E-state index in [-0.39, 0.29) is 17.0 Å². The second-order valence-corrected chi connectivity index (χ2v) is 8.23. The summed E-state index contributed by atoms with van der Waals surface area (Å²) in [5, 5.41) is 16.8. The van der Waals surface area contributed by atoms with Gasteiger partial charge in [0, 0.05) is 17.7 Å². The highest BCUT2D eigenvalue weighted by molar-refractivity contribution is 6.25. The van der Waals surface area contributed by atoms with Gasteiger partial charge in [0.05, 0.1) is 5.56 Å². The van der Waals surface area contributed by atoms with Crippen molar-refractivity contribution in [3.05, 3.63) is 115 Å². The number of rotatable bonds is 4. The normalized spacial score (nSPS) is 11.2. The first-order valence-corrected chi connectivity index (χ1v) is 10.7. The van der Waals surface area contributed by atoms with Crippen molar-refractivity contribution in [2.24, 2.45) is 0 Å². The molecule has 3 nitrogen and oxygen atoms in total. The molecular weight excluding hydrogens is 474 g/mol. The van der Waals surface area contributed by atoms with E-state index in [1.165, 1.54) is 43.4 Å². The monoisotopic (exact) mass is 493 g/mol. The number of carbonyl (C=O) groups is 1. The summed E-state index contributed by atoms with van der Waals surface area (Å²) in [4.78, 5) is 11.0. The fourth-order valence-corrected chi connectivity index (χ4v) is 4.69. The molecule has 0 aliphatic heterocycles. The van der Waals surface area contributed by atoms with Gasteiger partial charge in [0.15, 0.2) is 18.9 Å². The predicted molar refractivity (Wildman–Crippen MR) is 128 cm³/mol. The number of carboxylic acids is 1. The van der Waals surface area contributed by atoms with Gasteiger partial charge in [-0.2, -0.15) is 0 Å². The van der Waals surface area contributed by atoms with Gasteiger partial charge in [-0.3, -0.25) is 0 Å². The molecule has 0 radical (unpaired) electrons. The molecule has 0 aliphatic carbocycles. The zero-order chi connectivity index (χ0) is 21.7. The number of benzene rings is 5. The Morgan fingerprint density at radius 2 is 1.30 bits per heavy atom. The number of halogens is 1. The zero-order valence-corrected chi connectivity index (χ0v) is 19.3. The summed E-state index contributed by atoms with van der Waals surface area (Å²) in [6.45, 7) is 0.693. The van der Waals surface area contributed by atoms with Crippen LogP contribution < -0.4 is 21.5 Å². The molecule has 33 heavy (non-hydrogen) atoms. The molecule has 4 heteroatoms. The molecule has 6 aromatic rings. The van der Waals surface area contributed by atoms with Gasteiger partial charge in [-0.15, -0.1) is 0 Å². The van der Waals surface area contributed by atoms with E-state index in [0.717, 1.165) is 5.56 Å². The van der Waals surface area contributed by atoms with E-state index >= 15 is 0 Å². The number of hydrogen-bond donors (Lipinski definition) is 1. The van der Waals surface area contributed by atoms with Crippen LogP contribution >= 0.6 is 0 Å². The third kappa shape index (κ3) is 3.62. The number of carboxylic acid groups (broad SMARTS) is 1. The summed E-state index contributed by atoms with van der Waals surface area (Å²) in [5.41, 5.74) is 3.78. The van der Waals surface area contributed by atoms with Crippen LogP contribution in [-0.4, -0.2) is 11.1 Å². The van der Waals surface area contributed by atoms with Crippen LogP contribution in [0, 0.1) is 0 Å². The fraction of sp³-hybridized carbons (Fsp3) is 0.0345. The van der Waals surface area contributed by atoms with E-state index in [1.54, 1.807) is 12.1 Å². The van der Waals surface area contributed by atoms with E-state index < -0.39 is 5.97 Å². The number of nitrogens with zero attached hydrogens (tertiary/aromatic N) is 1. The van der Waals surface area contributed by atoms with Crippen molar-refractivity contribution >= 4 is 38.3 Å². The van der Waals surface area contributed by atoms with Crippen molar-refractivity contribution in [3.8, 4) is 11.1 Å². The van der Waals surface area contributed by atoms with Crippen molar-refractivity contribution in [1.82, 2.24) is 0 Å². The lowest BCUT2D eigenvalue weighted by molar-refractivity contribution is -0.688. The topological polar surface area (TPSA) is 41.2 Å². The molecular formula is C29H20BrNO2. The van der Waals surface area contributed by atoms with Crippen molar-refractivity contribution in [3.63, 3.8) is 0 Å². The molecule has 0 spiro atoms. The van der Waals surface area contributed by atoms with Crippen molar-refractivity contribution in [2.75, 3.05) is 0 Å². The molecule has 0 fully saturated rings. The van der Waals surface area contributed by atoms with E-state index in [1.807, 2.05) is 12.1 Å². The van der Waals surface area contributed by atoms with Crippen molar-refractivity contribution in [2.45, 2.75) is 6.54 Å². The van der Waals surface area contributed by atoms with Crippen LogP contribution in [0.4, 0.5) is 0 Å². The van der Waals surface area contributed by atoms with Crippen LogP contribution in [0.2, 0.25) is 0 Å². The average Bonchev–Trinajstić information content (AvgIpc) is 2.83. The number of pyridine rings is 1. The van der Waals surface area contributed by atoms with Gasteiger partial charge in [-0.1, -0.05) is 66.7 Å². The molecule has 0 saturated carbocycles. The van der Waals surface area contributed by atoms with E-state index in [4.69, 9.17) is 5.11 Å². The first kappa shape index (κ1) is 21.1. The van der Waals surface area contributed by atoms with Gasteiger partial charge in [0.1, 0.15) is 0 Å². The fourth-order valence-electron chi connectivity index (χ4n) is 4.69. The van der Waals surface area contributed by atoms with Crippen LogP contribution in [0.5, 0.6) is 0 Å². The Balaban J connectivity index is 0.00000228. The third-order valence-electron chi connectivity index (χ3n) is 6.30. The van der Waals surface area contributed by atoms with Crippen molar-refractivity contribution in [1.29, 1.82) is 0 Å². The second-order valence-electron chi connectivity index (χ2n) is 8.23. The van der Waals surface area contributed by atoms with Crippen LogP contribution in [-0.2, 0) is 6.54 Å². The minimum atomic E-state index is -0.901. The first-order valence-electron chi connectivity index (χ1n) is 10.7. The Labute approximate surface area is 201 Å². The molecule has 0 amide bonds. The Bertz CT molecular complexity index is 1590. The maximum Gasteiger partial charge on any atom is 0.335 e. The third-order valence-corrected chi connectivity index (χ3v) is 6.30. The van der Waals surface area contributed by atoms with Gasteiger partial charge in [0.25, 0.3) is 0 Å². The van der Waals surface area contributed by atoms with E-state index in [0.29, 0.717) is 12.1 Å². The lowest BCUT2D eigenvalue weighted by Gasteiger charge is -2.13. The minimum Gasteiger partial charge on any atom is -1.00 e. The zero-order valence-electron chi connectivity index (χ0n) is 17.7. The summed E-state index contributed by atoms with van der Waals surface area (Å²) < 4.78 is 2.11. The molecule has 0 saturated heterocycles. The summed E-state index contributed by atoms with van der Waals surface area (Å²) in [7, 11) is 0. The molecule has 0 atom stereocenters. The summed E-state index contributed by atoms with van der Waals surface area (Å²) in [6.07, 6.45) is 4.16. The quantitative estimate of drug-likeness (QED) is 0.302. The standard InChI is InChI=1S/C29H19NO2.BrH/c31-29(32)24-6-4-19(5-7-24)18-30-16-14-20(15-17-30)25-12-10-23-9-8-21-2-1-3-22-11-13-26(25)28(23)27(21)22;/h1-17H,18H2;1H. The van der Waals surface area contributed by atoms with Gasteiger partial charge < -0.3 is 22.1 Å². The molecule has 0 unspecified atom stereocenters. The Kier molecular flexibility index (Phi) is 5.31. The maximum absolute atomic E-state index is 11.0. The molecule has 160 valence electrons. The van der Waals surface area contributed by atoms with E-state index in [2.05, 4.69) is 83.7 Å². The first-order chi connectivity index (χ1) is 15.7. The Morgan fingerprint density at radius 3 is 1.97 bits per heavy atom. The Morgan fingerprint density at radius 1 is 0.697 bits per heavy atom. The van der Waals surface area contributed by atoms with Crippen LogP contribution in [0.25, 0.3) is 43.4 Å². The lowest BCUT2D eigenvalue weighted by Crippen LogP contribution is -3.00. The van der Waals surface area contributed by atoms with Crippen LogP contribution in [0.15, 0.2) is 103 Å². The number of aromatic nitrogens is 1. The lowest BCUT2D eigenvalue weighted by atomic mass is 9.90. The van der Waals surface area contributed by atoms with Gasteiger partial charge in [-0.05, 0) is 55.6 Å². The van der Waals surface area contributed by atoms with Gasteiger partial charge in [0.2, 0.25) is 0 Å². The molecule has 1 heterocycles. The van der Waals surface area contributed by atoms with E-state index in [9.17, 15) is 4.79 Å². The predicted octanol–water partition coefficient (Wildman–Crippen LogP) is 3.29. The molecule has 1 aromatic heterocycles. The van der Waals surface area contributed by atoms with Crippen molar-refractivity contribution < 1.29 is 31.4 Å². The highest BCUT2D eigenvalue weighted by Crippen LogP contribution is 2.38. The summed E-state index contributed by atoms with van der Waals surface area (Å²) in [6, 6.07) is 31.1. The number of hydrogen-bond acceptors (Lipinski definition) is 1. The Hall–Kier alpha value is -3.76. The summed E-state index contributed by atoms with van der Waals surface area (Å²) in [5.74, 6) is -0.901. The molecule has 6 rings (SSSR count). The second kappa shape index (κ2) is 8.30. The average molecular weight is 494 g/mol. The minimum absolute atomic E-state index is 0. The molecule has 1 N–H and O–H groups in total. The molecule has 5 aromatic carbocycles. The SMILES string of the molecule is O=C(O)c1ccc(C[n+]2ccc(-c3ccc4ccc5cccc6ccc3c4c56)cc2)cc1.[Br-]. The highest BCUT2D eigenvalue weighted by Gasteiger charge is 2.13.